The highest BCUT2D eigenvalue weighted by Crippen LogP contribution is 2.61. The number of carboxylic acid groups (broad SMARTS) is 1. The van der Waals surface area contributed by atoms with Crippen LogP contribution in [-0.2, 0) is 14.4 Å². The zero-order chi connectivity index (χ0) is 20.4. The number of aliphatic carboxylic acids is 1. The number of imide groups is 1. The fraction of sp³-hybridized carbons (Fsp3) is 0.375. The largest absolute Gasteiger partial charge is 0.480 e. The average molecular weight is 389 g/mol. The van der Waals surface area contributed by atoms with Gasteiger partial charge in [-0.3, -0.25) is 14.5 Å². The molecule has 2 aromatic rings. The van der Waals surface area contributed by atoms with E-state index in [4.69, 9.17) is 0 Å². The first-order valence-corrected chi connectivity index (χ1v) is 10.2. The summed E-state index contributed by atoms with van der Waals surface area (Å²) < 4.78 is 0. The second-order valence-corrected chi connectivity index (χ2v) is 8.79. The van der Waals surface area contributed by atoms with E-state index in [0.29, 0.717) is 0 Å². The zero-order valence-corrected chi connectivity index (χ0v) is 16.4. The molecule has 4 aliphatic rings. The zero-order valence-electron chi connectivity index (χ0n) is 16.4. The molecule has 6 rings (SSSR count). The van der Waals surface area contributed by atoms with E-state index in [2.05, 4.69) is 0 Å². The Hall–Kier alpha value is -2.95. The van der Waals surface area contributed by atoms with E-state index < -0.39 is 23.8 Å². The molecule has 0 aromatic heterocycles. The van der Waals surface area contributed by atoms with Crippen molar-refractivity contribution in [1.29, 1.82) is 0 Å². The summed E-state index contributed by atoms with van der Waals surface area (Å²) in [5.41, 5.74) is 4.37. The van der Waals surface area contributed by atoms with Gasteiger partial charge in [0.15, 0.2) is 0 Å². The van der Waals surface area contributed by atoms with Gasteiger partial charge in [-0.15, -0.1) is 0 Å². The highest BCUT2D eigenvalue weighted by atomic mass is 16.4. The van der Waals surface area contributed by atoms with Crippen LogP contribution in [0.15, 0.2) is 48.5 Å². The van der Waals surface area contributed by atoms with Crippen molar-refractivity contribution in [1.82, 2.24) is 4.90 Å². The van der Waals surface area contributed by atoms with Crippen LogP contribution in [0.3, 0.4) is 0 Å². The van der Waals surface area contributed by atoms with Crippen LogP contribution in [0.1, 0.15) is 54.4 Å². The molecular formula is C24H23NO4. The van der Waals surface area contributed by atoms with Crippen molar-refractivity contribution in [2.45, 2.75) is 38.1 Å². The molecule has 1 aliphatic heterocycles. The van der Waals surface area contributed by atoms with Crippen molar-refractivity contribution in [3.8, 4) is 0 Å². The third kappa shape index (κ3) is 2.36. The van der Waals surface area contributed by atoms with Crippen LogP contribution in [0, 0.1) is 17.8 Å². The molecule has 0 saturated carbocycles. The van der Waals surface area contributed by atoms with Gasteiger partial charge in [-0.2, -0.15) is 0 Å². The fourth-order valence-electron chi connectivity index (χ4n) is 5.77. The molecule has 5 heteroatoms. The quantitative estimate of drug-likeness (QED) is 0.814. The van der Waals surface area contributed by atoms with Crippen LogP contribution >= 0.6 is 0 Å². The van der Waals surface area contributed by atoms with Crippen molar-refractivity contribution >= 4 is 17.8 Å². The molecule has 3 aliphatic carbocycles. The van der Waals surface area contributed by atoms with E-state index in [1.54, 1.807) is 0 Å². The van der Waals surface area contributed by atoms with Crippen LogP contribution in [0.4, 0.5) is 0 Å². The topological polar surface area (TPSA) is 74.7 Å². The average Bonchev–Trinajstić information content (AvgIpc) is 2.97. The normalized spacial score (nSPS) is 27.6. The highest BCUT2D eigenvalue weighted by Gasteiger charge is 2.63. The van der Waals surface area contributed by atoms with Gasteiger partial charge in [0.1, 0.15) is 6.04 Å². The summed E-state index contributed by atoms with van der Waals surface area (Å²) >= 11 is 0. The van der Waals surface area contributed by atoms with Crippen LogP contribution in [0.5, 0.6) is 0 Å². The number of carbonyl (C=O) groups is 3. The third-order valence-electron chi connectivity index (χ3n) is 6.77. The number of benzene rings is 2. The van der Waals surface area contributed by atoms with E-state index in [9.17, 15) is 19.5 Å². The molecule has 148 valence electrons. The number of likely N-dealkylation sites (tertiary alicyclic amines) is 1. The van der Waals surface area contributed by atoms with Gasteiger partial charge in [0.2, 0.25) is 11.8 Å². The fourth-order valence-corrected chi connectivity index (χ4v) is 5.77. The molecule has 2 bridgehead atoms. The highest BCUT2D eigenvalue weighted by molar-refractivity contribution is 6.10. The maximum Gasteiger partial charge on any atom is 0.326 e. The van der Waals surface area contributed by atoms with Gasteiger partial charge in [-0.25, -0.2) is 4.79 Å². The number of hydrogen-bond acceptors (Lipinski definition) is 3. The Balaban J connectivity index is 1.67. The second-order valence-electron chi connectivity index (χ2n) is 8.79. The molecule has 1 fully saturated rings. The summed E-state index contributed by atoms with van der Waals surface area (Å²) in [6.45, 7) is 3.81. The summed E-state index contributed by atoms with van der Waals surface area (Å²) in [7, 11) is 0. The molecule has 3 atom stereocenters. The summed E-state index contributed by atoms with van der Waals surface area (Å²) in [6.07, 6.45) is 0.265. The Morgan fingerprint density at radius 2 is 1.24 bits per heavy atom. The Bertz CT molecular complexity index is 927. The number of nitrogens with zero attached hydrogens (tertiary/aromatic N) is 1. The number of hydrogen-bond donors (Lipinski definition) is 1. The van der Waals surface area contributed by atoms with Crippen molar-refractivity contribution in [2.24, 2.45) is 17.8 Å². The smallest absolute Gasteiger partial charge is 0.326 e. The summed E-state index contributed by atoms with van der Waals surface area (Å²) in [4.78, 5) is 40.1. The minimum Gasteiger partial charge on any atom is -0.480 e. The first kappa shape index (κ1) is 18.1. The third-order valence-corrected chi connectivity index (χ3v) is 6.77. The molecule has 0 spiro atoms. The van der Waals surface area contributed by atoms with Gasteiger partial charge < -0.3 is 5.11 Å². The van der Waals surface area contributed by atoms with Crippen molar-refractivity contribution < 1.29 is 19.5 Å². The maximum atomic E-state index is 13.5. The van der Waals surface area contributed by atoms with Gasteiger partial charge in [-0.1, -0.05) is 62.4 Å². The van der Waals surface area contributed by atoms with E-state index in [-0.39, 0.29) is 36.0 Å². The lowest BCUT2D eigenvalue weighted by Crippen LogP contribution is -2.46. The first-order valence-electron chi connectivity index (χ1n) is 10.2. The predicted molar refractivity (Wildman–Crippen MR) is 106 cm³/mol. The first-order chi connectivity index (χ1) is 13.9. The molecule has 1 saturated heterocycles. The predicted octanol–water partition coefficient (Wildman–Crippen LogP) is 3.38. The number of rotatable bonds is 4. The van der Waals surface area contributed by atoms with E-state index in [0.717, 1.165) is 27.2 Å². The molecule has 0 radical (unpaired) electrons. The van der Waals surface area contributed by atoms with Crippen molar-refractivity contribution in [2.75, 3.05) is 0 Å². The molecule has 2 unspecified atom stereocenters. The Morgan fingerprint density at radius 3 is 1.55 bits per heavy atom. The lowest BCUT2D eigenvalue weighted by molar-refractivity contribution is -0.155. The summed E-state index contributed by atoms with van der Waals surface area (Å²) in [6, 6.07) is 14.9. The minimum atomic E-state index is -1.11. The van der Waals surface area contributed by atoms with Gasteiger partial charge in [-0.05, 0) is 34.6 Å². The van der Waals surface area contributed by atoms with Crippen LogP contribution in [0.25, 0.3) is 0 Å². The number of carbonyl (C=O) groups excluding carboxylic acids is 2. The lowest BCUT2D eigenvalue weighted by atomic mass is 9.55. The van der Waals surface area contributed by atoms with Crippen LogP contribution < -0.4 is 0 Å². The summed E-state index contributed by atoms with van der Waals surface area (Å²) in [5.74, 6) is -3.15. The molecule has 29 heavy (non-hydrogen) atoms. The molecule has 1 heterocycles. The summed E-state index contributed by atoms with van der Waals surface area (Å²) in [5, 5.41) is 9.80. The Kier molecular flexibility index (Phi) is 3.92. The van der Waals surface area contributed by atoms with E-state index in [1.165, 1.54) is 0 Å². The lowest BCUT2D eigenvalue weighted by Gasteiger charge is -2.45. The van der Waals surface area contributed by atoms with Crippen molar-refractivity contribution in [3.05, 3.63) is 70.8 Å². The van der Waals surface area contributed by atoms with Gasteiger partial charge in [0.25, 0.3) is 0 Å². The van der Waals surface area contributed by atoms with Crippen LogP contribution in [0.2, 0.25) is 0 Å². The van der Waals surface area contributed by atoms with Crippen LogP contribution in [-0.4, -0.2) is 33.8 Å². The Morgan fingerprint density at radius 1 is 0.862 bits per heavy atom. The monoisotopic (exact) mass is 389 g/mol. The molecular weight excluding hydrogens is 366 g/mol. The van der Waals surface area contributed by atoms with Gasteiger partial charge in [0, 0.05) is 11.8 Å². The standard InChI is InChI=1S/C24H23NO4/c1-12(2)11-17(24(28)29)25-22(26)20-18-13-7-3-4-8-14(13)19(21(20)23(25)27)16-10-6-5-9-15(16)18/h3-10,12,17-21H,11H2,1-2H3,(H,28,29)/t17?,18?,19?,20-,21?/m0/s1. The molecule has 2 aromatic carbocycles. The minimum absolute atomic E-state index is 0.0606. The SMILES string of the molecule is CC(C)CC(C(=O)O)N1C(=O)C2C3c4ccccc4C(c4ccccc43)[C@@H]2C1=O. The van der Waals surface area contributed by atoms with Gasteiger partial charge in [0.05, 0.1) is 11.8 Å². The van der Waals surface area contributed by atoms with Gasteiger partial charge >= 0.3 is 5.97 Å². The second kappa shape index (κ2) is 6.28. The van der Waals surface area contributed by atoms with E-state index >= 15 is 0 Å². The maximum absolute atomic E-state index is 13.5. The molecule has 1 N–H and O–H groups in total. The van der Waals surface area contributed by atoms with E-state index in [1.807, 2.05) is 62.4 Å². The molecule has 2 amide bonds. The molecule has 5 nitrogen and oxygen atoms in total. The number of carboxylic acids is 1. The Labute approximate surface area is 169 Å². The van der Waals surface area contributed by atoms with Crippen molar-refractivity contribution in [3.63, 3.8) is 0 Å². The number of amides is 2.